The Bertz CT molecular complexity index is 1420. The Kier molecular flexibility index (Phi) is 7.55. The standard InChI is InChI=1S/C29H34FN5O5/c1-5-38-26-19(30)7-6-8-21(26)34-25-23-20(10-13-32-27(23)36)33-24(25)18-9-12-31-15-22(18)39-16-17-11-14-35(17)28(37)40-29(2,3)4/h6-9,12,15,17,33-34H,5,10-11,13-14,16H2,1-4H3,(H,32,36)/t17-/m1/s1. The molecule has 1 saturated heterocycles. The van der Waals surface area contributed by atoms with Crippen LogP contribution in [0.25, 0.3) is 11.3 Å². The number of hydrogen-bond donors (Lipinski definition) is 3. The van der Waals surface area contributed by atoms with Gasteiger partial charge >= 0.3 is 6.09 Å². The molecule has 2 aliphatic rings. The van der Waals surface area contributed by atoms with Gasteiger partial charge in [-0.25, -0.2) is 9.18 Å². The largest absolute Gasteiger partial charge is 0.489 e. The van der Waals surface area contributed by atoms with Crippen molar-refractivity contribution in [1.82, 2.24) is 20.2 Å². The number of halogens is 1. The van der Waals surface area contributed by atoms with Crippen LogP contribution in [0, 0.1) is 5.82 Å². The van der Waals surface area contributed by atoms with Crippen molar-refractivity contribution in [3.8, 4) is 22.8 Å². The highest BCUT2D eigenvalue weighted by atomic mass is 19.1. The van der Waals surface area contributed by atoms with Crippen LogP contribution in [0.15, 0.2) is 36.7 Å². The number of H-pyrrole nitrogens is 1. The molecule has 10 nitrogen and oxygen atoms in total. The second-order valence-electron chi connectivity index (χ2n) is 10.7. The number of carbonyl (C=O) groups is 2. The van der Waals surface area contributed by atoms with E-state index in [0.717, 1.165) is 12.1 Å². The summed E-state index contributed by atoms with van der Waals surface area (Å²) in [5.74, 6) is -0.199. The van der Waals surface area contributed by atoms with Crippen LogP contribution in [-0.2, 0) is 11.2 Å². The summed E-state index contributed by atoms with van der Waals surface area (Å²) < 4.78 is 31.9. The van der Waals surface area contributed by atoms with Crippen molar-refractivity contribution >= 4 is 23.4 Å². The van der Waals surface area contributed by atoms with E-state index in [4.69, 9.17) is 14.2 Å². The fraction of sp³-hybridized carbons (Fsp3) is 0.414. The molecule has 0 radical (unpaired) electrons. The molecule has 1 atom stereocenters. The zero-order valence-corrected chi connectivity index (χ0v) is 23.1. The van der Waals surface area contributed by atoms with Crippen molar-refractivity contribution in [2.24, 2.45) is 0 Å². The van der Waals surface area contributed by atoms with Gasteiger partial charge in [-0.15, -0.1) is 0 Å². The Hall–Kier alpha value is -4.28. The van der Waals surface area contributed by atoms with Gasteiger partial charge in [-0.2, -0.15) is 0 Å². The molecule has 0 saturated carbocycles. The Morgan fingerprint density at radius 1 is 1.25 bits per heavy atom. The maximum atomic E-state index is 14.6. The normalized spacial score (nSPS) is 16.5. The summed E-state index contributed by atoms with van der Waals surface area (Å²) in [4.78, 5) is 34.8. The SMILES string of the molecule is CCOc1c(F)cccc1Nc1c(-c2ccncc2OC[C@H]2CCN2C(=O)OC(C)(C)C)[nH]c2c1C(=O)NCC2. The maximum Gasteiger partial charge on any atom is 0.410 e. The molecule has 2 aromatic heterocycles. The predicted octanol–water partition coefficient (Wildman–Crippen LogP) is 5.03. The molecule has 1 aromatic carbocycles. The molecule has 3 N–H and O–H groups in total. The minimum Gasteiger partial charge on any atom is -0.489 e. The number of amides is 2. The minimum absolute atomic E-state index is 0.0699. The number of nitrogens with zero attached hydrogens (tertiary/aromatic N) is 2. The Morgan fingerprint density at radius 3 is 2.80 bits per heavy atom. The van der Waals surface area contributed by atoms with Crippen molar-refractivity contribution in [3.63, 3.8) is 0 Å². The van der Waals surface area contributed by atoms with E-state index in [1.807, 2.05) is 20.8 Å². The van der Waals surface area contributed by atoms with Gasteiger partial charge < -0.3 is 34.7 Å². The van der Waals surface area contributed by atoms with Gasteiger partial charge in [-0.1, -0.05) is 6.07 Å². The summed E-state index contributed by atoms with van der Waals surface area (Å²) in [5, 5.41) is 6.14. The van der Waals surface area contributed by atoms with E-state index in [1.165, 1.54) is 6.07 Å². The van der Waals surface area contributed by atoms with Gasteiger partial charge in [0.2, 0.25) is 0 Å². The molecular formula is C29H34FN5O5. The first-order valence-electron chi connectivity index (χ1n) is 13.4. The van der Waals surface area contributed by atoms with Crippen LogP contribution < -0.4 is 20.1 Å². The number of anilines is 2. The van der Waals surface area contributed by atoms with E-state index in [-0.39, 0.29) is 37.0 Å². The van der Waals surface area contributed by atoms with Crippen LogP contribution in [0.4, 0.5) is 20.6 Å². The van der Waals surface area contributed by atoms with E-state index in [2.05, 4.69) is 20.6 Å². The quantitative estimate of drug-likeness (QED) is 0.359. The summed E-state index contributed by atoms with van der Waals surface area (Å²) >= 11 is 0. The molecule has 0 unspecified atom stereocenters. The van der Waals surface area contributed by atoms with E-state index in [1.54, 1.807) is 42.4 Å². The van der Waals surface area contributed by atoms with Crippen molar-refractivity contribution in [2.75, 3.05) is 31.6 Å². The molecule has 4 heterocycles. The van der Waals surface area contributed by atoms with Gasteiger partial charge in [0.25, 0.3) is 5.91 Å². The second kappa shape index (κ2) is 11.1. The van der Waals surface area contributed by atoms with Crippen LogP contribution in [-0.4, -0.2) is 64.8 Å². The number of fused-ring (bicyclic) bond motifs is 1. The highest BCUT2D eigenvalue weighted by Crippen LogP contribution is 2.42. The first kappa shape index (κ1) is 27.3. The minimum atomic E-state index is -0.583. The first-order valence-corrected chi connectivity index (χ1v) is 13.4. The molecule has 5 rings (SSSR count). The molecule has 11 heteroatoms. The zero-order chi connectivity index (χ0) is 28.4. The second-order valence-corrected chi connectivity index (χ2v) is 10.7. The molecule has 40 heavy (non-hydrogen) atoms. The lowest BCUT2D eigenvalue weighted by atomic mass is 10.0. The lowest BCUT2D eigenvalue weighted by Crippen LogP contribution is -2.55. The number of pyridine rings is 1. The lowest BCUT2D eigenvalue weighted by molar-refractivity contribution is -0.0141. The molecule has 212 valence electrons. The van der Waals surface area contributed by atoms with E-state index in [9.17, 15) is 14.0 Å². The number of rotatable bonds is 8. The Balaban J connectivity index is 1.46. The third-order valence-corrected chi connectivity index (χ3v) is 6.74. The van der Waals surface area contributed by atoms with Gasteiger partial charge in [0.1, 0.15) is 18.0 Å². The van der Waals surface area contributed by atoms with Gasteiger partial charge in [0, 0.05) is 37.0 Å². The number of para-hydroxylation sites is 1. The summed E-state index contributed by atoms with van der Waals surface area (Å²) in [5.41, 5.74) is 2.76. The van der Waals surface area contributed by atoms with Gasteiger partial charge in [0.15, 0.2) is 11.6 Å². The summed E-state index contributed by atoms with van der Waals surface area (Å²) in [6.07, 6.45) is 4.26. The van der Waals surface area contributed by atoms with Gasteiger partial charge in [-0.3, -0.25) is 9.78 Å². The predicted molar refractivity (Wildman–Crippen MR) is 148 cm³/mol. The zero-order valence-electron chi connectivity index (χ0n) is 23.1. The van der Waals surface area contributed by atoms with Crippen molar-refractivity contribution in [2.45, 2.75) is 52.2 Å². The number of carbonyl (C=O) groups excluding carboxylic acids is 2. The van der Waals surface area contributed by atoms with Crippen molar-refractivity contribution in [1.29, 1.82) is 0 Å². The van der Waals surface area contributed by atoms with Crippen LogP contribution >= 0.6 is 0 Å². The average molecular weight is 552 g/mol. The highest BCUT2D eigenvalue weighted by molar-refractivity contribution is 6.06. The number of likely N-dealkylation sites (tertiary alicyclic amines) is 1. The van der Waals surface area contributed by atoms with E-state index in [0.29, 0.717) is 53.5 Å². The number of aromatic nitrogens is 2. The number of ether oxygens (including phenoxy) is 3. The van der Waals surface area contributed by atoms with Crippen LogP contribution in [0.5, 0.6) is 11.5 Å². The van der Waals surface area contributed by atoms with E-state index >= 15 is 0 Å². The summed E-state index contributed by atoms with van der Waals surface area (Å²) in [7, 11) is 0. The topological polar surface area (TPSA) is 118 Å². The number of benzene rings is 1. The molecule has 2 aliphatic heterocycles. The summed E-state index contributed by atoms with van der Waals surface area (Å²) in [6.45, 7) is 8.91. The van der Waals surface area contributed by atoms with Crippen LogP contribution in [0.3, 0.4) is 0 Å². The molecule has 1 fully saturated rings. The van der Waals surface area contributed by atoms with Crippen LogP contribution in [0.2, 0.25) is 0 Å². The fourth-order valence-corrected chi connectivity index (χ4v) is 4.80. The van der Waals surface area contributed by atoms with Crippen molar-refractivity contribution in [3.05, 3.63) is 53.7 Å². The van der Waals surface area contributed by atoms with Crippen LogP contribution in [0.1, 0.15) is 50.2 Å². The molecular weight excluding hydrogens is 517 g/mol. The Labute approximate surface area is 232 Å². The van der Waals surface area contributed by atoms with E-state index < -0.39 is 11.4 Å². The molecule has 0 aliphatic carbocycles. The average Bonchev–Trinajstić information content (AvgIpc) is 3.24. The molecule has 0 bridgehead atoms. The molecule has 2 amide bonds. The van der Waals surface area contributed by atoms with Gasteiger partial charge in [0.05, 0.1) is 41.5 Å². The lowest BCUT2D eigenvalue weighted by Gasteiger charge is -2.41. The van der Waals surface area contributed by atoms with Crippen molar-refractivity contribution < 1.29 is 28.2 Å². The highest BCUT2D eigenvalue weighted by Gasteiger charge is 2.36. The molecule has 0 spiro atoms. The first-order chi connectivity index (χ1) is 19.2. The Morgan fingerprint density at radius 2 is 2.08 bits per heavy atom. The number of hydrogen-bond acceptors (Lipinski definition) is 7. The third-order valence-electron chi connectivity index (χ3n) is 6.74. The summed E-state index contributed by atoms with van der Waals surface area (Å²) in [6, 6.07) is 6.26. The fourth-order valence-electron chi connectivity index (χ4n) is 4.80. The maximum absolute atomic E-state index is 14.6. The monoisotopic (exact) mass is 551 g/mol. The number of aromatic amines is 1. The smallest absolute Gasteiger partial charge is 0.410 e. The number of nitrogens with one attached hydrogen (secondary N) is 3. The van der Waals surface area contributed by atoms with Gasteiger partial charge in [-0.05, 0) is 52.3 Å². The molecule has 3 aromatic rings. The third kappa shape index (κ3) is 5.54.